The second-order valence-electron chi connectivity index (χ2n) is 7.28. The maximum Gasteiger partial charge on any atom is 0.274 e. The monoisotopic (exact) mass is 471 g/mol. The fraction of sp³-hybridized carbons (Fsp3) is 0.421. The molecule has 1 fully saturated rings. The molecule has 0 aliphatic carbocycles. The lowest BCUT2D eigenvalue weighted by atomic mass is 10.1. The minimum absolute atomic E-state index is 0.0116. The van der Waals surface area contributed by atoms with Crippen LogP contribution in [0.1, 0.15) is 35.0 Å². The molecule has 0 N–H and O–H groups in total. The summed E-state index contributed by atoms with van der Waals surface area (Å²) < 4.78 is 47.7. The molecular formula is C19H22ClN3O5S2. The molecule has 8 nitrogen and oxygen atoms in total. The molecule has 2 heterocycles. The van der Waals surface area contributed by atoms with Crippen LogP contribution in [-0.2, 0) is 32.6 Å². The molecule has 2 aromatic rings. The summed E-state index contributed by atoms with van der Waals surface area (Å²) in [5, 5.41) is -0.610. The van der Waals surface area contributed by atoms with Gasteiger partial charge in [0.2, 0.25) is 15.0 Å². The topological polar surface area (TPSA) is 114 Å². The highest BCUT2D eigenvalue weighted by Crippen LogP contribution is 2.25. The number of amides is 1. The standard InChI is InChI=1S/C19H22ClN3O5S2/c1-3-13-4-6-14(7-5-13)11-23(15-8-9-30(27,28)12-15)18(24)17-16(20)10-21-19(22-17)29(2,25)26/h4-7,10,15H,3,8-9,11-12H2,1-2H3/t15-/m1/s1. The van der Waals surface area contributed by atoms with Crippen LogP contribution in [0, 0.1) is 0 Å². The van der Waals surface area contributed by atoms with Crippen molar-refractivity contribution in [3.8, 4) is 0 Å². The molecule has 1 atom stereocenters. The third kappa shape index (κ3) is 5.16. The van der Waals surface area contributed by atoms with Crippen molar-refractivity contribution in [2.75, 3.05) is 17.8 Å². The zero-order chi connectivity index (χ0) is 22.1. The summed E-state index contributed by atoms with van der Waals surface area (Å²) >= 11 is 6.10. The second kappa shape index (κ2) is 8.60. The van der Waals surface area contributed by atoms with E-state index in [1.807, 2.05) is 31.2 Å². The van der Waals surface area contributed by atoms with Crippen LogP contribution in [-0.4, -0.2) is 61.4 Å². The zero-order valence-electron chi connectivity index (χ0n) is 16.6. The van der Waals surface area contributed by atoms with Crippen LogP contribution in [0.25, 0.3) is 0 Å². The molecule has 0 bridgehead atoms. The molecule has 0 radical (unpaired) electrons. The Morgan fingerprint density at radius 2 is 1.87 bits per heavy atom. The summed E-state index contributed by atoms with van der Waals surface area (Å²) in [6.07, 6.45) is 3.16. The van der Waals surface area contributed by atoms with Gasteiger partial charge >= 0.3 is 0 Å². The highest BCUT2D eigenvalue weighted by molar-refractivity contribution is 7.91. The van der Waals surface area contributed by atoms with E-state index in [-0.39, 0.29) is 28.8 Å². The Balaban J connectivity index is 2.00. The number of rotatable bonds is 6. The SMILES string of the molecule is CCc1ccc(CN(C(=O)c2nc(S(C)(=O)=O)ncc2Cl)[C@@H]2CCS(=O)(=O)C2)cc1. The average molecular weight is 472 g/mol. The number of benzene rings is 1. The Kier molecular flexibility index (Phi) is 6.49. The predicted molar refractivity (Wildman–Crippen MR) is 113 cm³/mol. The molecule has 1 saturated heterocycles. The van der Waals surface area contributed by atoms with Crippen molar-refractivity contribution < 1.29 is 21.6 Å². The highest BCUT2D eigenvalue weighted by Gasteiger charge is 2.36. The minimum atomic E-state index is -3.75. The van der Waals surface area contributed by atoms with Gasteiger partial charge in [0.05, 0.1) is 22.7 Å². The number of hydrogen-bond acceptors (Lipinski definition) is 7. The molecule has 11 heteroatoms. The van der Waals surface area contributed by atoms with E-state index in [9.17, 15) is 21.6 Å². The number of hydrogen-bond donors (Lipinski definition) is 0. The molecule has 3 rings (SSSR count). The predicted octanol–water partition coefficient (Wildman–Crippen LogP) is 1.93. The molecule has 0 unspecified atom stereocenters. The largest absolute Gasteiger partial charge is 0.329 e. The summed E-state index contributed by atoms with van der Waals surface area (Å²) in [5.41, 5.74) is 1.69. The molecule has 162 valence electrons. The first kappa shape index (κ1) is 22.6. The van der Waals surface area contributed by atoms with E-state index >= 15 is 0 Å². The summed E-state index contributed by atoms with van der Waals surface area (Å²) in [4.78, 5) is 22.3. The number of sulfone groups is 2. The Labute approximate surface area is 181 Å². The second-order valence-corrected chi connectivity index (χ2v) is 11.8. The normalized spacial score (nSPS) is 18.3. The van der Waals surface area contributed by atoms with Crippen molar-refractivity contribution in [3.05, 3.63) is 52.3 Å². The first-order valence-corrected chi connectivity index (χ1v) is 13.4. The van der Waals surface area contributed by atoms with Crippen molar-refractivity contribution in [1.82, 2.24) is 14.9 Å². The lowest BCUT2D eigenvalue weighted by molar-refractivity contribution is 0.0674. The fourth-order valence-electron chi connectivity index (χ4n) is 3.28. The van der Waals surface area contributed by atoms with Crippen LogP contribution in [0.2, 0.25) is 5.02 Å². The Bertz CT molecular complexity index is 1170. The van der Waals surface area contributed by atoms with Gasteiger partial charge in [-0.15, -0.1) is 0 Å². The molecule has 1 aromatic carbocycles. The van der Waals surface area contributed by atoms with Gasteiger partial charge in [0.15, 0.2) is 15.5 Å². The van der Waals surface area contributed by atoms with Crippen molar-refractivity contribution in [2.24, 2.45) is 0 Å². The molecule has 1 amide bonds. The van der Waals surface area contributed by atoms with Crippen LogP contribution in [0.4, 0.5) is 0 Å². The zero-order valence-corrected chi connectivity index (χ0v) is 19.0. The summed E-state index contributed by atoms with van der Waals surface area (Å²) in [5.74, 6) is -0.801. The van der Waals surface area contributed by atoms with E-state index in [4.69, 9.17) is 11.6 Å². The minimum Gasteiger partial charge on any atom is -0.329 e. The van der Waals surface area contributed by atoms with Crippen LogP contribution < -0.4 is 0 Å². The number of aromatic nitrogens is 2. The molecule has 0 saturated carbocycles. The summed E-state index contributed by atoms with van der Waals surface area (Å²) in [6, 6.07) is 7.10. The molecule has 1 aliphatic rings. The van der Waals surface area contributed by atoms with Gasteiger partial charge in [-0.3, -0.25) is 4.79 Å². The Morgan fingerprint density at radius 3 is 2.40 bits per heavy atom. The average Bonchev–Trinajstić information content (AvgIpc) is 3.05. The van der Waals surface area contributed by atoms with Gasteiger partial charge in [0.1, 0.15) is 0 Å². The highest BCUT2D eigenvalue weighted by atomic mass is 35.5. The first-order chi connectivity index (χ1) is 14.0. The van der Waals surface area contributed by atoms with E-state index in [0.717, 1.165) is 30.0 Å². The van der Waals surface area contributed by atoms with Gasteiger partial charge in [-0.05, 0) is 24.0 Å². The number of aryl methyl sites for hydroxylation is 1. The number of carbonyl (C=O) groups is 1. The van der Waals surface area contributed by atoms with E-state index in [1.54, 1.807) is 0 Å². The van der Waals surface area contributed by atoms with Crippen molar-refractivity contribution in [2.45, 2.75) is 37.5 Å². The third-order valence-corrected chi connectivity index (χ3v) is 7.84. The molecule has 1 aliphatic heterocycles. The van der Waals surface area contributed by atoms with E-state index < -0.39 is 36.8 Å². The van der Waals surface area contributed by atoms with Crippen molar-refractivity contribution in [3.63, 3.8) is 0 Å². The molecule has 1 aromatic heterocycles. The third-order valence-electron chi connectivity index (χ3n) is 4.95. The smallest absolute Gasteiger partial charge is 0.274 e. The fourth-order valence-corrected chi connectivity index (χ4v) is 5.68. The molecule has 30 heavy (non-hydrogen) atoms. The number of nitrogens with zero attached hydrogens (tertiary/aromatic N) is 3. The van der Waals surface area contributed by atoms with E-state index in [1.165, 1.54) is 4.90 Å². The van der Waals surface area contributed by atoms with Crippen molar-refractivity contribution >= 4 is 37.2 Å². The maximum atomic E-state index is 13.3. The Morgan fingerprint density at radius 1 is 1.23 bits per heavy atom. The summed E-state index contributed by atoms with van der Waals surface area (Å²) in [7, 11) is -7.01. The van der Waals surface area contributed by atoms with E-state index in [2.05, 4.69) is 9.97 Å². The quantitative estimate of drug-likeness (QED) is 0.591. The Hall–Kier alpha value is -2.04. The molecule has 0 spiro atoms. The van der Waals surface area contributed by atoms with Gasteiger partial charge < -0.3 is 4.90 Å². The number of carbonyl (C=O) groups excluding carboxylic acids is 1. The van der Waals surface area contributed by atoms with Crippen LogP contribution >= 0.6 is 11.6 Å². The van der Waals surface area contributed by atoms with Crippen LogP contribution in [0.5, 0.6) is 0 Å². The lowest BCUT2D eigenvalue weighted by Gasteiger charge is -2.28. The van der Waals surface area contributed by atoms with Gasteiger partial charge in [-0.1, -0.05) is 42.8 Å². The molecular weight excluding hydrogens is 450 g/mol. The van der Waals surface area contributed by atoms with Crippen LogP contribution in [0.15, 0.2) is 35.6 Å². The van der Waals surface area contributed by atoms with Crippen molar-refractivity contribution in [1.29, 1.82) is 0 Å². The van der Waals surface area contributed by atoms with Gasteiger partial charge in [0, 0.05) is 18.8 Å². The van der Waals surface area contributed by atoms with Crippen LogP contribution in [0.3, 0.4) is 0 Å². The van der Waals surface area contributed by atoms with Gasteiger partial charge in [-0.2, -0.15) is 0 Å². The van der Waals surface area contributed by atoms with E-state index in [0.29, 0.717) is 6.42 Å². The van der Waals surface area contributed by atoms with Gasteiger partial charge in [0.25, 0.3) is 5.91 Å². The maximum absolute atomic E-state index is 13.3. The number of halogens is 1. The lowest BCUT2D eigenvalue weighted by Crippen LogP contribution is -2.41. The summed E-state index contributed by atoms with van der Waals surface area (Å²) in [6.45, 7) is 2.18. The first-order valence-electron chi connectivity index (χ1n) is 9.32. The van der Waals surface area contributed by atoms with Gasteiger partial charge in [-0.25, -0.2) is 26.8 Å².